The number of nitrogens with one attached hydrogen (secondary N) is 3. The van der Waals surface area contributed by atoms with Gasteiger partial charge in [0.2, 0.25) is 5.91 Å². The molecular formula is C16H24ClN3O2. The maximum atomic E-state index is 12.2. The van der Waals surface area contributed by atoms with Crippen LogP contribution in [0, 0.1) is 12.8 Å². The van der Waals surface area contributed by atoms with Crippen LogP contribution in [0.15, 0.2) is 18.2 Å². The summed E-state index contributed by atoms with van der Waals surface area (Å²) in [7, 11) is 1.60. The second kappa shape index (κ2) is 8.76. The fourth-order valence-electron chi connectivity index (χ4n) is 2.70. The Morgan fingerprint density at radius 3 is 2.59 bits per heavy atom. The molecule has 0 aliphatic carbocycles. The van der Waals surface area contributed by atoms with Gasteiger partial charge in [-0.15, -0.1) is 12.4 Å². The maximum Gasteiger partial charge on any atom is 0.251 e. The zero-order valence-corrected chi connectivity index (χ0v) is 13.9. The minimum absolute atomic E-state index is 0. The number of amides is 2. The molecule has 0 unspecified atom stereocenters. The molecule has 1 aromatic carbocycles. The number of hydrogen-bond acceptors (Lipinski definition) is 3. The van der Waals surface area contributed by atoms with Gasteiger partial charge < -0.3 is 16.0 Å². The molecule has 6 heteroatoms. The van der Waals surface area contributed by atoms with Crippen LogP contribution in [0.4, 0.5) is 5.69 Å². The summed E-state index contributed by atoms with van der Waals surface area (Å²) in [6.07, 6.45) is 2.64. The highest BCUT2D eigenvalue weighted by molar-refractivity contribution is 5.99. The van der Waals surface area contributed by atoms with E-state index in [2.05, 4.69) is 16.0 Å². The standard InChI is InChI=1S/C16H23N3O2.ClH/c1-11-13(16(21)17-2)4-3-5-14(11)19-15(20)10-12-6-8-18-9-7-12;/h3-5,12,18H,6-10H2,1-2H3,(H,17,21)(H,19,20);1H. The highest BCUT2D eigenvalue weighted by atomic mass is 35.5. The normalized spacial score (nSPS) is 14.8. The van der Waals surface area contributed by atoms with Crippen LogP contribution in [0.25, 0.3) is 0 Å². The number of hydrogen-bond donors (Lipinski definition) is 3. The third kappa shape index (κ3) is 4.71. The Kier molecular flexibility index (Phi) is 7.35. The average Bonchev–Trinajstić information content (AvgIpc) is 2.49. The van der Waals surface area contributed by atoms with E-state index in [-0.39, 0.29) is 24.2 Å². The first kappa shape index (κ1) is 18.5. The summed E-state index contributed by atoms with van der Waals surface area (Å²) in [6.45, 7) is 3.83. The molecule has 1 aliphatic heterocycles. The van der Waals surface area contributed by atoms with E-state index in [1.807, 2.05) is 13.0 Å². The monoisotopic (exact) mass is 325 g/mol. The van der Waals surface area contributed by atoms with Gasteiger partial charge in [-0.3, -0.25) is 9.59 Å². The van der Waals surface area contributed by atoms with Crippen LogP contribution in [0.1, 0.15) is 35.2 Å². The van der Waals surface area contributed by atoms with Crippen molar-refractivity contribution in [1.82, 2.24) is 10.6 Å². The van der Waals surface area contributed by atoms with Crippen molar-refractivity contribution < 1.29 is 9.59 Å². The van der Waals surface area contributed by atoms with E-state index in [1.165, 1.54) is 0 Å². The highest BCUT2D eigenvalue weighted by Crippen LogP contribution is 2.21. The molecule has 1 aromatic rings. The van der Waals surface area contributed by atoms with Gasteiger partial charge in [0.25, 0.3) is 5.91 Å². The molecule has 22 heavy (non-hydrogen) atoms. The number of carbonyl (C=O) groups is 2. The number of carbonyl (C=O) groups excluding carboxylic acids is 2. The summed E-state index contributed by atoms with van der Waals surface area (Å²) in [4.78, 5) is 23.9. The summed E-state index contributed by atoms with van der Waals surface area (Å²) < 4.78 is 0. The van der Waals surface area contributed by atoms with Crippen LogP contribution in [0.2, 0.25) is 0 Å². The van der Waals surface area contributed by atoms with Crippen LogP contribution < -0.4 is 16.0 Å². The van der Waals surface area contributed by atoms with Crippen molar-refractivity contribution in [2.75, 3.05) is 25.5 Å². The molecule has 0 aromatic heterocycles. The molecule has 2 amide bonds. The lowest BCUT2D eigenvalue weighted by Crippen LogP contribution is -2.30. The van der Waals surface area contributed by atoms with E-state index in [9.17, 15) is 9.59 Å². The number of anilines is 1. The summed E-state index contributed by atoms with van der Waals surface area (Å²) in [5.74, 6) is 0.342. The van der Waals surface area contributed by atoms with Gasteiger partial charge in [0.05, 0.1) is 0 Å². The van der Waals surface area contributed by atoms with Crippen molar-refractivity contribution >= 4 is 29.9 Å². The third-order valence-electron chi connectivity index (χ3n) is 4.01. The first-order valence-electron chi connectivity index (χ1n) is 7.44. The van der Waals surface area contributed by atoms with Crippen LogP contribution in [-0.4, -0.2) is 32.0 Å². The number of halogens is 1. The fraction of sp³-hybridized carbons (Fsp3) is 0.500. The summed E-state index contributed by atoms with van der Waals surface area (Å²) in [6, 6.07) is 5.39. The van der Waals surface area contributed by atoms with Gasteiger partial charge in [-0.25, -0.2) is 0 Å². The van der Waals surface area contributed by atoms with Crippen LogP contribution in [-0.2, 0) is 4.79 Å². The van der Waals surface area contributed by atoms with E-state index >= 15 is 0 Å². The zero-order valence-electron chi connectivity index (χ0n) is 13.1. The van der Waals surface area contributed by atoms with Crippen molar-refractivity contribution in [2.24, 2.45) is 5.92 Å². The Balaban J connectivity index is 0.00000242. The average molecular weight is 326 g/mol. The Labute approximate surface area is 137 Å². The van der Waals surface area contributed by atoms with E-state index in [0.29, 0.717) is 17.9 Å². The van der Waals surface area contributed by atoms with Gasteiger partial charge in [0.1, 0.15) is 0 Å². The molecule has 2 rings (SSSR count). The summed E-state index contributed by atoms with van der Waals surface area (Å²) >= 11 is 0. The Hall–Kier alpha value is -1.59. The molecule has 0 bridgehead atoms. The van der Waals surface area contributed by atoms with Crippen molar-refractivity contribution in [3.8, 4) is 0 Å². The Morgan fingerprint density at radius 1 is 1.27 bits per heavy atom. The lowest BCUT2D eigenvalue weighted by Gasteiger charge is -2.22. The molecule has 122 valence electrons. The van der Waals surface area contributed by atoms with Gasteiger partial charge in [-0.05, 0) is 56.5 Å². The second-order valence-electron chi connectivity index (χ2n) is 5.50. The van der Waals surface area contributed by atoms with Gasteiger partial charge in [-0.2, -0.15) is 0 Å². The first-order valence-corrected chi connectivity index (χ1v) is 7.44. The quantitative estimate of drug-likeness (QED) is 0.794. The SMILES string of the molecule is CNC(=O)c1cccc(NC(=O)CC2CCNCC2)c1C.Cl. The van der Waals surface area contributed by atoms with E-state index in [4.69, 9.17) is 0 Å². The lowest BCUT2D eigenvalue weighted by atomic mass is 9.94. The van der Waals surface area contributed by atoms with Gasteiger partial charge >= 0.3 is 0 Å². The first-order chi connectivity index (χ1) is 10.1. The Morgan fingerprint density at radius 2 is 1.95 bits per heavy atom. The number of rotatable bonds is 4. The fourth-order valence-corrected chi connectivity index (χ4v) is 2.70. The topological polar surface area (TPSA) is 70.2 Å². The zero-order chi connectivity index (χ0) is 15.2. The van der Waals surface area contributed by atoms with Gasteiger partial charge in [-0.1, -0.05) is 6.07 Å². The third-order valence-corrected chi connectivity index (χ3v) is 4.01. The van der Waals surface area contributed by atoms with Gasteiger partial charge in [0.15, 0.2) is 0 Å². The smallest absolute Gasteiger partial charge is 0.251 e. The van der Waals surface area contributed by atoms with Gasteiger partial charge in [0, 0.05) is 24.7 Å². The van der Waals surface area contributed by atoms with Crippen LogP contribution >= 0.6 is 12.4 Å². The summed E-state index contributed by atoms with van der Waals surface area (Å²) in [5.41, 5.74) is 2.11. The maximum absolute atomic E-state index is 12.2. The second-order valence-corrected chi connectivity index (χ2v) is 5.50. The molecule has 1 aliphatic rings. The van der Waals surface area contributed by atoms with Crippen LogP contribution in [0.3, 0.4) is 0 Å². The van der Waals surface area contributed by atoms with Crippen molar-refractivity contribution in [3.05, 3.63) is 29.3 Å². The predicted molar refractivity (Wildman–Crippen MR) is 90.7 cm³/mol. The molecule has 5 nitrogen and oxygen atoms in total. The minimum atomic E-state index is -0.137. The minimum Gasteiger partial charge on any atom is -0.355 e. The summed E-state index contributed by atoms with van der Waals surface area (Å²) in [5, 5.41) is 8.84. The lowest BCUT2D eigenvalue weighted by molar-refractivity contribution is -0.117. The molecule has 1 heterocycles. The van der Waals surface area contributed by atoms with Crippen LogP contribution in [0.5, 0.6) is 0 Å². The molecule has 0 atom stereocenters. The number of piperidine rings is 1. The van der Waals surface area contributed by atoms with E-state index in [1.54, 1.807) is 19.2 Å². The molecule has 1 saturated heterocycles. The van der Waals surface area contributed by atoms with E-state index in [0.717, 1.165) is 37.2 Å². The molecule has 0 spiro atoms. The Bertz CT molecular complexity index is 528. The predicted octanol–water partition coefficient (Wildman–Crippen LogP) is 2.10. The van der Waals surface area contributed by atoms with Crippen molar-refractivity contribution in [2.45, 2.75) is 26.2 Å². The molecule has 0 radical (unpaired) electrons. The van der Waals surface area contributed by atoms with E-state index < -0.39 is 0 Å². The van der Waals surface area contributed by atoms with Crippen molar-refractivity contribution in [3.63, 3.8) is 0 Å². The molecule has 1 fully saturated rings. The largest absolute Gasteiger partial charge is 0.355 e. The highest BCUT2D eigenvalue weighted by Gasteiger charge is 2.18. The molecule has 0 saturated carbocycles. The molecular weight excluding hydrogens is 302 g/mol. The molecule has 3 N–H and O–H groups in total. The van der Waals surface area contributed by atoms with Crippen molar-refractivity contribution in [1.29, 1.82) is 0 Å². The number of benzene rings is 1.